The van der Waals surface area contributed by atoms with Crippen molar-refractivity contribution in [2.45, 2.75) is 20.0 Å². The lowest BCUT2D eigenvalue weighted by Crippen LogP contribution is -2.35. The van der Waals surface area contributed by atoms with Crippen molar-refractivity contribution in [3.63, 3.8) is 0 Å². The monoisotopic (exact) mass is 222 g/mol. The molecule has 5 heteroatoms. The number of rotatable bonds is 4. The van der Waals surface area contributed by atoms with Gasteiger partial charge in [0.05, 0.1) is 5.56 Å². The molecule has 1 aromatic rings. The van der Waals surface area contributed by atoms with E-state index >= 15 is 0 Å². The highest BCUT2D eigenvalue weighted by atomic mass is 16.5. The minimum Gasteiger partial charge on any atom is -0.449 e. The molecule has 0 radical (unpaired) electrons. The van der Waals surface area contributed by atoms with Crippen molar-refractivity contribution in [2.24, 2.45) is 0 Å². The summed E-state index contributed by atoms with van der Waals surface area (Å²) in [6, 6.07) is 3.07. The van der Waals surface area contributed by atoms with Crippen molar-refractivity contribution in [1.82, 2.24) is 10.3 Å². The number of ether oxygens (including phenoxy) is 1. The van der Waals surface area contributed by atoms with E-state index in [1.807, 2.05) is 0 Å². The van der Waals surface area contributed by atoms with E-state index in [0.717, 1.165) is 0 Å². The second-order valence-electron chi connectivity index (χ2n) is 3.18. The molecule has 1 heterocycles. The first-order valence-corrected chi connectivity index (χ1v) is 5.04. The summed E-state index contributed by atoms with van der Waals surface area (Å²) in [7, 11) is 0. The molecule has 1 atom stereocenters. The third-order valence-corrected chi connectivity index (χ3v) is 1.92. The van der Waals surface area contributed by atoms with Gasteiger partial charge in [0.2, 0.25) is 0 Å². The molecule has 0 fully saturated rings. The molecule has 0 aliphatic rings. The van der Waals surface area contributed by atoms with Crippen LogP contribution in [0, 0.1) is 0 Å². The highest BCUT2D eigenvalue weighted by Crippen LogP contribution is 2.02. The topological polar surface area (TPSA) is 68.3 Å². The second-order valence-corrected chi connectivity index (χ2v) is 3.18. The molecule has 0 bridgehead atoms. The number of likely N-dealkylation sites (N-methyl/N-ethyl adjacent to an activating group) is 1. The number of pyridine rings is 1. The van der Waals surface area contributed by atoms with Gasteiger partial charge in [-0.15, -0.1) is 0 Å². The minimum atomic E-state index is -0.791. The third-order valence-electron chi connectivity index (χ3n) is 1.92. The molecule has 1 aromatic heterocycles. The van der Waals surface area contributed by atoms with Crippen LogP contribution in [0.1, 0.15) is 24.2 Å². The van der Waals surface area contributed by atoms with Gasteiger partial charge in [-0.25, -0.2) is 4.79 Å². The van der Waals surface area contributed by atoms with Gasteiger partial charge in [0, 0.05) is 18.9 Å². The highest BCUT2D eigenvalue weighted by molar-refractivity contribution is 5.91. The Morgan fingerprint density at radius 1 is 1.44 bits per heavy atom. The summed E-state index contributed by atoms with van der Waals surface area (Å²) in [4.78, 5) is 26.6. The molecule has 16 heavy (non-hydrogen) atoms. The lowest BCUT2D eigenvalue weighted by atomic mass is 10.3. The Labute approximate surface area is 93.8 Å². The van der Waals surface area contributed by atoms with Crippen LogP contribution in [0.25, 0.3) is 0 Å². The largest absolute Gasteiger partial charge is 0.449 e. The standard InChI is InChI=1S/C11H14N2O3/c1-3-13-10(14)8(2)16-11(15)9-4-6-12-7-5-9/h4-8H,3H2,1-2H3,(H,13,14)/t8-/m1/s1. The van der Waals surface area contributed by atoms with Crippen LogP contribution < -0.4 is 5.32 Å². The van der Waals surface area contributed by atoms with Gasteiger partial charge in [0.15, 0.2) is 6.10 Å². The first kappa shape index (κ1) is 12.2. The molecule has 5 nitrogen and oxygen atoms in total. The number of aromatic nitrogens is 1. The number of carbonyl (C=O) groups is 2. The lowest BCUT2D eigenvalue weighted by molar-refractivity contribution is -0.128. The van der Waals surface area contributed by atoms with E-state index in [9.17, 15) is 9.59 Å². The summed E-state index contributed by atoms with van der Waals surface area (Å²) in [5.41, 5.74) is 0.381. The molecule has 0 spiro atoms. The Balaban J connectivity index is 2.55. The SMILES string of the molecule is CCNC(=O)[C@@H](C)OC(=O)c1ccncc1. The summed E-state index contributed by atoms with van der Waals surface area (Å²) >= 11 is 0. The molecule has 1 N–H and O–H groups in total. The van der Waals surface area contributed by atoms with Crippen molar-refractivity contribution in [1.29, 1.82) is 0 Å². The summed E-state index contributed by atoms with van der Waals surface area (Å²) in [6.45, 7) is 3.84. The van der Waals surface area contributed by atoms with Crippen molar-refractivity contribution in [3.8, 4) is 0 Å². The zero-order chi connectivity index (χ0) is 12.0. The third kappa shape index (κ3) is 3.34. The molecule has 1 amide bonds. The summed E-state index contributed by atoms with van der Waals surface area (Å²) in [5, 5.41) is 2.57. The second kappa shape index (κ2) is 5.85. The van der Waals surface area contributed by atoms with E-state index < -0.39 is 12.1 Å². The maximum Gasteiger partial charge on any atom is 0.339 e. The van der Waals surface area contributed by atoms with Gasteiger partial charge in [-0.2, -0.15) is 0 Å². The predicted octanol–water partition coefficient (Wildman–Crippen LogP) is 0.763. The number of carbonyl (C=O) groups excluding carboxylic acids is 2. The smallest absolute Gasteiger partial charge is 0.339 e. The molecular weight excluding hydrogens is 208 g/mol. The number of hydrogen-bond donors (Lipinski definition) is 1. The minimum absolute atomic E-state index is 0.301. The maximum atomic E-state index is 11.5. The number of amides is 1. The van der Waals surface area contributed by atoms with Crippen molar-refractivity contribution < 1.29 is 14.3 Å². The van der Waals surface area contributed by atoms with Crippen LogP contribution >= 0.6 is 0 Å². The molecule has 0 saturated heterocycles. The van der Waals surface area contributed by atoms with Gasteiger partial charge in [0.25, 0.3) is 5.91 Å². The zero-order valence-corrected chi connectivity index (χ0v) is 9.27. The normalized spacial score (nSPS) is 11.6. The van der Waals surface area contributed by atoms with Crippen LogP contribution in [0.15, 0.2) is 24.5 Å². The van der Waals surface area contributed by atoms with E-state index in [4.69, 9.17) is 4.74 Å². The fraction of sp³-hybridized carbons (Fsp3) is 0.364. The summed E-state index contributed by atoms with van der Waals surface area (Å²) in [6.07, 6.45) is 2.20. The van der Waals surface area contributed by atoms with Gasteiger partial charge in [0.1, 0.15) is 0 Å². The number of esters is 1. The van der Waals surface area contributed by atoms with Gasteiger partial charge in [-0.3, -0.25) is 9.78 Å². The van der Waals surface area contributed by atoms with E-state index in [-0.39, 0.29) is 5.91 Å². The van der Waals surface area contributed by atoms with Crippen molar-refractivity contribution in [2.75, 3.05) is 6.54 Å². The Morgan fingerprint density at radius 3 is 2.62 bits per heavy atom. The summed E-state index contributed by atoms with van der Waals surface area (Å²) < 4.78 is 4.97. The Bertz CT molecular complexity index is 365. The highest BCUT2D eigenvalue weighted by Gasteiger charge is 2.17. The van der Waals surface area contributed by atoms with Gasteiger partial charge in [-0.1, -0.05) is 0 Å². The fourth-order valence-electron chi connectivity index (χ4n) is 1.09. The number of nitrogens with one attached hydrogen (secondary N) is 1. The van der Waals surface area contributed by atoms with E-state index in [0.29, 0.717) is 12.1 Å². The zero-order valence-electron chi connectivity index (χ0n) is 9.27. The first-order valence-electron chi connectivity index (χ1n) is 5.04. The van der Waals surface area contributed by atoms with E-state index in [2.05, 4.69) is 10.3 Å². The molecule has 0 aromatic carbocycles. The Hall–Kier alpha value is -1.91. The fourth-order valence-corrected chi connectivity index (χ4v) is 1.09. The molecular formula is C11H14N2O3. The molecule has 0 aliphatic heterocycles. The molecule has 1 rings (SSSR count). The maximum absolute atomic E-state index is 11.5. The first-order chi connectivity index (χ1) is 7.65. The molecule has 86 valence electrons. The van der Waals surface area contributed by atoms with Gasteiger partial charge in [-0.05, 0) is 26.0 Å². The molecule has 0 aliphatic carbocycles. The summed E-state index contributed by atoms with van der Waals surface area (Å²) in [5.74, 6) is -0.828. The van der Waals surface area contributed by atoms with Crippen LogP contribution in [0.5, 0.6) is 0 Å². The molecule has 0 unspecified atom stereocenters. The average molecular weight is 222 g/mol. The number of nitrogens with zero attached hydrogens (tertiary/aromatic N) is 1. The van der Waals surface area contributed by atoms with Gasteiger partial charge >= 0.3 is 5.97 Å². The molecule has 0 saturated carbocycles. The van der Waals surface area contributed by atoms with Crippen LogP contribution in [-0.2, 0) is 9.53 Å². The Morgan fingerprint density at radius 2 is 2.06 bits per heavy atom. The average Bonchev–Trinajstić information content (AvgIpc) is 2.30. The van der Waals surface area contributed by atoms with Crippen LogP contribution in [0.2, 0.25) is 0 Å². The number of hydrogen-bond acceptors (Lipinski definition) is 4. The van der Waals surface area contributed by atoms with Crippen LogP contribution in [0.4, 0.5) is 0 Å². The van der Waals surface area contributed by atoms with Crippen LogP contribution in [0.3, 0.4) is 0 Å². The van der Waals surface area contributed by atoms with Crippen LogP contribution in [-0.4, -0.2) is 29.5 Å². The van der Waals surface area contributed by atoms with E-state index in [1.165, 1.54) is 31.5 Å². The predicted molar refractivity (Wildman–Crippen MR) is 57.8 cm³/mol. The van der Waals surface area contributed by atoms with E-state index in [1.54, 1.807) is 6.92 Å². The van der Waals surface area contributed by atoms with Gasteiger partial charge < -0.3 is 10.1 Å². The van der Waals surface area contributed by atoms with Crippen molar-refractivity contribution in [3.05, 3.63) is 30.1 Å². The quantitative estimate of drug-likeness (QED) is 0.764. The Kier molecular flexibility index (Phi) is 4.44. The van der Waals surface area contributed by atoms with Crippen molar-refractivity contribution >= 4 is 11.9 Å². The lowest BCUT2D eigenvalue weighted by Gasteiger charge is -2.12.